The number of likely N-dealkylation sites (tertiary alicyclic amines) is 1. The Morgan fingerprint density at radius 1 is 1.10 bits per heavy atom. The zero-order chi connectivity index (χ0) is 20.0. The second kappa shape index (κ2) is 7.74. The number of nitrogens with zero attached hydrogens (tertiary/aromatic N) is 4. The lowest BCUT2D eigenvalue weighted by Gasteiger charge is -2.40. The minimum absolute atomic E-state index is 0.000776. The van der Waals surface area contributed by atoms with E-state index in [1.165, 1.54) is 11.1 Å². The molecular formula is C22H22BrClN4O. The highest BCUT2D eigenvalue weighted by atomic mass is 79.9. The van der Waals surface area contributed by atoms with Crippen LogP contribution in [0.15, 0.2) is 47.2 Å². The summed E-state index contributed by atoms with van der Waals surface area (Å²) in [7, 11) is 0. The van der Waals surface area contributed by atoms with Crippen molar-refractivity contribution in [3.05, 3.63) is 69.0 Å². The highest BCUT2D eigenvalue weighted by Gasteiger charge is 2.30. The first kappa shape index (κ1) is 19.1. The van der Waals surface area contributed by atoms with E-state index in [0.29, 0.717) is 22.4 Å². The van der Waals surface area contributed by atoms with E-state index in [0.717, 1.165) is 49.9 Å². The van der Waals surface area contributed by atoms with Crippen molar-refractivity contribution in [1.82, 2.24) is 19.2 Å². The largest absolute Gasteiger partial charge is 0.337 e. The number of carbonyl (C=O) groups excluding carboxylic acids is 1. The average Bonchev–Trinajstić information content (AvgIpc) is 3.17. The van der Waals surface area contributed by atoms with Crippen LogP contribution in [0, 0.1) is 0 Å². The van der Waals surface area contributed by atoms with Crippen LogP contribution in [-0.4, -0.2) is 50.8 Å². The van der Waals surface area contributed by atoms with Gasteiger partial charge in [0.05, 0.1) is 9.50 Å². The highest BCUT2D eigenvalue weighted by Crippen LogP contribution is 2.26. The fraction of sp³-hybridized carbons (Fsp3) is 0.364. The Hall–Kier alpha value is -1.89. The van der Waals surface area contributed by atoms with Crippen LogP contribution in [0.25, 0.3) is 5.65 Å². The van der Waals surface area contributed by atoms with Gasteiger partial charge in [-0.3, -0.25) is 9.69 Å². The third kappa shape index (κ3) is 3.69. The van der Waals surface area contributed by atoms with E-state index in [1.807, 2.05) is 4.90 Å². The van der Waals surface area contributed by atoms with E-state index in [-0.39, 0.29) is 5.91 Å². The van der Waals surface area contributed by atoms with Crippen molar-refractivity contribution in [2.24, 2.45) is 0 Å². The van der Waals surface area contributed by atoms with E-state index in [9.17, 15) is 4.79 Å². The maximum absolute atomic E-state index is 13.0. The van der Waals surface area contributed by atoms with E-state index < -0.39 is 0 Å². The maximum atomic E-state index is 13.0. The number of pyridine rings is 1. The van der Waals surface area contributed by atoms with Crippen molar-refractivity contribution in [2.45, 2.75) is 31.8 Å². The number of rotatable bonds is 2. The Morgan fingerprint density at radius 2 is 1.86 bits per heavy atom. The van der Waals surface area contributed by atoms with E-state index in [2.05, 4.69) is 50.1 Å². The Morgan fingerprint density at radius 3 is 2.66 bits per heavy atom. The predicted octanol–water partition coefficient (Wildman–Crippen LogP) is 4.41. The topological polar surface area (TPSA) is 40.9 Å². The summed E-state index contributed by atoms with van der Waals surface area (Å²) in [4.78, 5) is 22.0. The van der Waals surface area contributed by atoms with Gasteiger partial charge in [-0.15, -0.1) is 0 Å². The SMILES string of the molecule is O=C(c1cn2cc(Cl)cc(Br)c2n1)N1CCC(N2CCc3ccccc3C2)CC1. The number of benzene rings is 1. The Labute approximate surface area is 183 Å². The van der Waals surface area contributed by atoms with E-state index >= 15 is 0 Å². The van der Waals surface area contributed by atoms with Gasteiger partial charge in [-0.25, -0.2) is 4.98 Å². The number of piperidine rings is 1. The normalized spacial score (nSPS) is 18.2. The molecular weight excluding hydrogens is 452 g/mol. The van der Waals surface area contributed by atoms with Crippen LogP contribution in [-0.2, 0) is 13.0 Å². The van der Waals surface area contributed by atoms with Gasteiger partial charge in [0.25, 0.3) is 5.91 Å². The summed E-state index contributed by atoms with van der Waals surface area (Å²) in [5.41, 5.74) is 4.11. The lowest BCUT2D eigenvalue weighted by Crippen LogP contribution is -2.48. The Bertz CT molecular complexity index is 1070. The summed E-state index contributed by atoms with van der Waals surface area (Å²) in [5.74, 6) is -0.000776. The smallest absolute Gasteiger partial charge is 0.274 e. The van der Waals surface area contributed by atoms with Crippen molar-refractivity contribution in [2.75, 3.05) is 19.6 Å². The molecule has 0 aliphatic carbocycles. The number of amides is 1. The maximum Gasteiger partial charge on any atom is 0.274 e. The van der Waals surface area contributed by atoms with Crippen molar-refractivity contribution < 1.29 is 4.79 Å². The molecule has 7 heteroatoms. The molecule has 0 radical (unpaired) electrons. The number of fused-ring (bicyclic) bond motifs is 2. The second-order valence-corrected chi connectivity index (χ2v) is 9.17. The van der Waals surface area contributed by atoms with Gasteiger partial charge in [0.1, 0.15) is 5.69 Å². The minimum Gasteiger partial charge on any atom is -0.337 e. The average molecular weight is 474 g/mol. The summed E-state index contributed by atoms with van der Waals surface area (Å²) < 4.78 is 2.59. The molecule has 0 saturated carbocycles. The van der Waals surface area contributed by atoms with Crippen LogP contribution in [0.1, 0.15) is 34.5 Å². The van der Waals surface area contributed by atoms with Gasteiger partial charge in [-0.1, -0.05) is 35.9 Å². The standard InChI is InChI=1S/C22H22BrClN4O/c23-19-11-17(24)13-28-14-20(25-21(19)28)22(29)26-9-6-18(7-10-26)27-8-5-15-3-1-2-4-16(15)12-27/h1-4,11,13-14,18H,5-10,12H2. The van der Waals surface area contributed by atoms with Gasteiger partial charge in [0, 0.05) is 44.6 Å². The molecule has 1 fully saturated rings. The van der Waals surface area contributed by atoms with Crippen molar-refractivity contribution in [1.29, 1.82) is 0 Å². The van der Waals surface area contributed by atoms with Crippen LogP contribution in [0.5, 0.6) is 0 Å². The highest BCUT2D eigenvalue weighted by molar-refractivity contribution is 9.10. The minimum atomic E-state index is -0.000776. The molecule has 1 saturated heterocycles. The van der Waals surface area contributed by atoms with Gasteiger partial charge in [-0.05, 0) is 52.4 Å². The molecule has 29 heavy (non-hydrogen) atoms. The molecule has 0 unspecified atom stereocenters. The fourth-order valence-corrected chi connectivity index (χ4v) is 5.44. The van der Waals surface area contributed by atoms with Crippen LogP contribution >= 0.6 is 27.5 Å². The summed E-state index contributed by atoms with van der Waals surface area (Å²) in [6.45, 7) is 3.68. The molecule has 3 aromatic rings. The monoisotopic (exact) mass is 472 g/mol. The lowest BCUT2D eigenvalue weighted by molar-refractivity contribution is 0.0595. The first-order valence-corrected chi connectivity index (χ1v) is 11.2. The van der Waals surface area contributed by atoms with Crippen molar-refractivity contribution in [3.8, 4) is 0 Å². The van der Waals surface area contributed by atoms with Crippen LogP contribution in [0.3, 0.4) is 0 Å². The first-order chi connectivity index (χ1) is 14.1. The zero-order valence-electron chi connectivity index (χ0n) is 16.0. The fourth-order valence-electron chi connectivity index (χ4n) is 4.55. The Balaban J connectivity index is 1.25. The summed E-state index contributed by atoms with van der Waals surface area (Å²) in [6.07, 6.45) is 6.68. The molecule has 2 aliphatic heterocycles. The molecule has 4 heterocycles. The third-order valence-corrected chi connectivity index (χ3v) is 6.91. The summed E-state index contributed by atoms with van der Waals surface area (Å²) >= 11 is 9.58. The number of carbonyl (C=O) groups is 1. The van der Waals surface area contributed by atoms with Gasteiger partial charge < -0.3 is 9.30 Å². The molecule has 5 rings (SSSR count). The van der Waals surface area contributed by atoms with Gasteiger partial charge >= 0.3 is 0 Å². The molecule has 1 aromatic carbocycles. The lowest BCUT2D eigenvalue weighted by atomic mass is 9.95. The number of halogens is 2. The molecule has 1 amide bonds. The molecule has 0 spiro atoms. The van der Waals surface area contributed by atoms with Crippen LogP contribution in [0.4, 0.5) is 0 Å². The Kier molecular flexibility index (Phi) is 5.10. The van der Waals surface area contributed by atoms with Crippen molar-refractivity contribution in [3.63, 3.8) is 0 Å². The molecule has 0 N–H and O–H groups in total. The predicted molar refractivity (Wildman–Crippen MR) is 117 cm³/mol. The molecule has 0 bridgehead atoms. The first-order valence-electron chi connectivity index (χ1n) is 10.0. The summed E-state index contributed by atoms with van der Waals surface area (Å²) in [5, 5.41) is 0.602. The molecule has 150 valence electrons. The second-order valence-electron chi connectivity index (χ2n) is 7.88. The molecule has 2 aromatic heterocycles. The van der Waals surface area contributed by atoms with Crippen LogP contribution in [0.2, 0.25) is 5.02 Å². The van der Waals surface area contributed by atoms with E-state index in [1.54, 1.807) is 22.9 Å². The number of imidazole rings is 1. The zero-order valence-corrected chi connectivity index (χ0v) is 18.4. The third-order valence-electron chi connectivity index (χ3n) is 6.12. The van der Waals surface area contributed by atoms with Gasteiger partial charge in [0.15, 0.2) is 5.65 Å². The van der Waals surface area contributed by atoms with Gasteiger partial charge in [-0.2, -0.15) is 0 Å². The number of aromatic nitrogens is 2. The number of hydrogen-bond donors (Lipinski definition) is 0. The summed E-state index contributed by atoms with van der Waals surface area (Å²) in [6, 6.07) is 11.1. The van der Waals surface area contributed by atoms with Crippen LogP contribution < -0.4 is 0 Å². The number of hydrogen-bond acceptors (Lipinski definition) is 3. The van der Waals surface area contributed by atoms with Gasteiger partial charge in [0.2, 0.25) is 0 Å². The quantitative estimate of drug-likeness (QED) is 0.553. The molecule has 5 nitrogen and oxygen atoms in total. The van der Waals surface area contributed by atoms with E-state index in [4.69, 9.17) is 11.6 Å². The molecule has 2 aliphatic rings. The van der Waals surface area contributed by atoms with Crippen molar-refractivity contribution >= 4 is 39.1 Å². The molecule has 0 atom stereocenters.